The van der Waals surface area contributed by atoms with Gasteiger partial charge in [-0.1, -0.05) is 26.8 Å². The van der Waals surface area contributed by atoms with E-state index >= 15 is 0 Å². The first-order valence-electron chi connectivity index (χ1n) is 7.36. The van der Waals surface area contributed by atoms with E-state index in [0.717, 1.165) is 23.3 Å². The minimum atomic E-state index is -0.175. The molecule has 20 heavy (non-hydrogen) atoms. The van der Waals surface area contributed by atoms with Gasteiger partial charge in [-0.25, -0.2) is 0 Å². The molecule has 0 saturated heterocycles. The zero-order valence-corrected chi connectivity index (χ0v) is 13.2. The fourth-order valence-corrected chi connectivity index (χ4v) is 1.92. The van der Waals surface area contributed by atoms with Crippen molar-refractivity contribution >= 4 is 5.97 Å². The van der Waals surface area contributed by atoms with Crippen molar-refractivity contribution in [3.63, 3.8) is 0 Å². The molecule has 0 spiro atoms. The van der Waals surface area contributed by atoms with Gasteiger partial charge >= 0.3 is 5.97 Å². The molecule has 0 heterocycles. The molecular weight excluding hydrogens is 252 g/mol. The topological polar surface area (TPSA) is 35.5 Å². The van der Waals surface area contributed by atoms with Gasteiger partial charge in [0.05, 0.1) is 19.1 Å². The Bertz CT molecular complexity index is 436. The summed E-state index contributed by atoms with van der Waals surface area (Å²) in [6.07, 6.45) is 1.14. The normalized spacial score (nSPS) is 10.9. The van der Waals surface area contributed by atoms with Gasteiger partial charge in [0.15, 0.2) is 0 Å². The molecule has 0 N–H and O–H groups in total. The van der Waals surface area contributed by atoms with E-state index in [4.69, 9.17) is 9.47 Å². The van der Waals surface area contributed by atoms with Crippen LogP contribution in [0.15, 0.2) is 18.2 Å². The standard InChI is InChI=1S/C17H26O3/c1-6-14-9-16(19-11-12(2)3)8-7-15(14)10-17(18)20-13(4)5/h7-9,12-13H,6,10-11H2,1-5H3. The highest BCUT2D eigenvalue weighted by molar-refractivity contribution is 5.73. The first-order chi connectivity index (χ1) is 9.42. The second kappa shape index (κ2) is 7.93. The van der Waals surface area contributed by atoms with E-state index < -0.39 is 0 Å². The summed E-state index contributed by atoms with van der Waals surface area (Å²) in [6, 6.07) is 5.93. The van der Waals surface area contributed by atoms with E-state index in [1.807, 2.05) is 32.0 Å². The largest absolute Gasteiger partial charge is 0.493 e. The van der Waals surface area contributed by atoms with Crippen LogP contribution in [0.2, 0.25) is 0 Å². The summed E-state index contributed by atoms with van der Waals surface area (Å²) in [4.78, 5) is 11.7. The minimum Gasteiger partial charge on any atom is -0.493 e. The summed E-state index contributed by atoms with van der Waals surface area (Å²) in [6.45, 7) is 10.8. The lowest BCUT2D eigenvalue weighted by molar-refractivity contribution is -0.146. The summed E-state index contributed by atoms with van der Waals surface area (Å²) >= 11 is 0. The Morgan fingerprint density at radius 3 is 2.40 bits per heavy atom. The lowest BCUT2D eigenvalue weighted by Gasteiger charge is -2.13. The van der Waals surface area contributed by atoms with Crippen LogP contribution < -0.4 is 4.74 Å². The van der Waals surface area contributed by atoms with Crippen LogP contribution in [0.5, 0.6) is 5.75 Å². The molecule has 0 aliphatic carbocycles. The van der Waals surface area contributed by atoms with Gasteiger partial charge < -0.3 is 9.47 Å². The number of aryl methyl sites for hydroxylation is 1. The van der Waals surface area contributed by atoms with Gasteiger partial charge in [-0.05, 0) is 49.4 Å². The maximum atomic E-state index is 11.7. The van der Waals surface area contributed by atoms with Crippen LogP contribution in [0.25, 0.3) is 0 Å². The molecule has 3 heteroatoms. The van der Waals surface area contributed by atoms with Gasteiger partial charge in [-0.15, -0.1) is 0 Å². The quantitative estimate of drug-likeness (QED) is 0.712. The predicted octanol–water partition coefficient (Wildman–Crippen LogP) is 3.78. The fraction of sp³-hybridized carbons (Fsp3) is 0.588. The van der Waals surface area contributed by atoms with Crippen molar-refractivity contribution in [2.45, 2.75) is 53.6 Å². The molecule has 3 nitrogen and oxygen atoms in total. The number of benzene rings is 1. The lowest BCUT2D eigenvalue weighted by Crippen LogP contribution is -2.14. The number of esters is 1. The average molecular weight is 278 g/mol. The van der Waals surface area contributed by atoms with Crippen LogP contribution in [-0.4, -0.2) is 18.7 Å². The third kappa shape index (κ3) is 5.64. The number of carbonyl (C=O) groups excluding carboxylic acids is 1. The van der Waals surface area contributed by atoms with Crippen molar-refractivity contribution in [3.8, 4) is 5.75 Å². The van der Waals surface area contributed by atoms with Gasteiger partial charge in [0.1, 0.15) is 5.75 Å². The van der Waals surface area contributed by atoms with Crippen LogP contribution in [0.3, 0.4) is 0 Å². The Kier molecular flexibility index (Phi) is 6.56. The van der Waals surface area contributed by atoms with E-state index in [1.165, 1.54) is 0 Å². The van der Waals surface area contributed by atoms with Crippen molar-refractivity contribution < 1.29 is 14.3 Å². The number of ether oxygens (including phenoxy) is 2. The molecule has 1 aromatic carbocycles. The molecule has 0 fully saturated rings. The molecule has 0 saturated carbocycles. The van der Waals surface area contributed by atoms with E-state index in [0.29, 0.717) is 18.9 Å². The first kappa shape index (κ1) is 16.5. The zero-order chi connectivity index (χ0) is 15.1. The second-order valence-electron chi connectivity index (χ2n) is 5.70. The maximum Gasteiger partial charge on any atom is 0.310 e. The summed E-state index contributed by atoms with van der Waals surface area (Å²) < 4.78 is 10.9. The highest BCUT2D eigenvalue weighted by Gasteiger charge is 2.11. The number of rotatable bonds is 7. The van der Waals surface area contributed by atoms with E-state index in [1.54, 1.807) is 0 Å². The van der Waals surface area contributed by atoms with E-state index in [9.17, 15) is 4.79 Å². The van der Waals surface area contributed by atoms with Crippen LogP contribution in [0.1, 0.15) is 45.7 Å². The van der Waals surface area contributed by atoms with E-state index in [-0.39, 0.29) is 12.1 Å². The van der Waals surface area contributed by atoms with Gasteiger partial charge in [-0.3, -0.25) is 4.79 Å². The van der Waals surface area contributed by atoms with Crippen molar-refractivity contribution in [1.29, 1.82) is 0 Å². The number of hydrogen-bond acceptors (Lipinski definition) is 3. The Labute approximate surface area is 122 Å². The van der Waals surface area contributed by atoms with Crippen LogP contribution in [0.4, 0.5) is 0 Å². The highest BCUT2D eigenvalue weighted by Crippen LogP contribution is 2.20. The average Bonchev–Trinajstić information content (AvgIpc) is 2.36. The fourth-order valence-electron chi connectivity index (χ4n) is 1.92. The first-order valence-corrected chi connectivity index (χ1v) is 7.36. The van der Waals surface area contributed by atoms with Crippen molar-refractivity contribution in [3.05, 3.63) is 29.3 Å². The Hall–Kier alpha value is -1.51. The van der Waals surface area contributed by atoms with Gasteiger partial charge in [-0.2, -0.15) is 0 Å². The molecular formula is C17H26O3. The van der Waals surface area contributed by atoms with Gasteiger partial charge in [0, 0.05) is 0 Å². The number of hydrogen-bond donors (Lipinski definition) is 0. The molecule has 0 radical (unpaired) electrons. The summed E-state index contributed by atoms with van der Waals surface area (Å²) in [5, 5.41) is 0. The zero-order valence-electron chi connectivity index (χ0n) is 13.2. The molecule has 1 rings (SSSR count). The SMILES string of the molecule is CCc1cc(OCC(C)C)ccc1CC(=O)OC(C)C. The predicted molar refractivity (Wildman–Crippen MR) is 81.1 cm³/mol. The molecule has 0 bridgehead atoms. The van der Waals surface area contributed by atoms with E-state index in [2.05, 4.69) is 20.8 Å². The van der Waals surface area contributed by atoms with Crippen LogP contribution in [-0.2, 0) is 22.4 Å². The molecule has 0 aliphatic heterocycles. The lowest BCUT2D eigenvalue weighted by atomic mass is 10.0. The third-order valence-electron chi connectivity index (χ3n) is 2.84. The highest BCUT2D eigenvalue weighted by atomic mass is 16.5. The molecule has 112 valence electrons. The van der Waals surface area contributed by atoms with Crippen molar-refractivity contribution in [2.24, 2.45) is 5.92 Å². The molecule has 0 aliphatic rings. The maximum absolute atomic E-state index is 11.7. The summed E-state index contributed by atoms with van der Waals surface area (Å²) in [5.41, 5.74) is 2.17. The smallest absolute Gasteiger partial charge is 0.310 e. The van der Waals surface area contributed by atoms with Crippen molar-refractivity contribution in [1.82, 2.24) is 0 Å². The Morgan fingerprint density at radius 1 is 1.15 bits per heavy atom. The van der Waals surface area contributed by atoms with Crippen LogP contribution >= 0.6 is 0 Å². The van der Waals surface area contributed by atoms with Crippen molar-refractivity contribution in [2.75, 3.05) is 6.61 Å². The summed E-state index contributed by atoms with van der Waals surface area (Å²) in [7, 11) is 0. The Balaban J connectivity index is 2.74. The molecule has 0 unspecified atom stereocenters. The van der Waals surface area contributed by atoms with Gasteiger partial charge in [0.2, 0.25) is 0 Å². The number of carbonyl (C=O) groups is 1. The monoisotopic (exact) mass is 278 g/mol. The second-order valence-corrected chi connectivity index (χ2v) is 5.70. The van der Waals surface area contributed by atoms with Crippen LogP contribution in [0, 0.1) is 5.92 Å². The molecule has 1 aromatic rings. The Morgan fingerprint density at radius 2 is 1.85 bits per heavy atom. The third-order valence-corrected chi connectivity index (χ3v) is 2.84. The minimum absolute atomic E-state index is 0.0683. The summed E-state index contributed by atoms with van der Waals surface area (Å²) in [5.74, 6) is 1.20. The van der Waals surface area contributed by atoms with Gasteiger partial charge in [0.25, 0.3) is 0 Å². The molecule has 0 amide bonds. The molecule has 0 aromatic heterocycles. The molecule has 0 atom stereocenters.